The Morgan fingerprint density at radius 2 is 1.77 bits per heavy atom. The molecule has 0 aromatic heterocycles. The van der Waals surface area contributed by atoms with Crippen molar-refractivity contribution in [1.82, 2.24) is 20.9 Å². The Bertz CT molecular complexity index is 1290. The number of hydrogen-bond donors (Lipinski definition) is 4. The summed E-state index contributed by atoms with van der Waals surface area (Å²) in [6.07, 6.45) is 2.89. The van der Waals surface area contributed by atoms with Gasteiger partial charge in [0, 0.05) is 50.4 Å². The number of aliphatic hydroxyl groups excluding tert-OH is 1. The van der Waals surface area contributed by atoms with Crippen molar-refractivity contribution in [2.75, 3.05) is 41.4 Å². The van der Waals surface area contributed by atoms with E-state index in [0.717, 1.165) is 6.08 Å². The van der Waals surface area contributed by atoms with Gasteiger partial charge < -0.3 is 34.9 Å². The topological polar surface area (TPSA) is 156 Å². The van der Waals surface area contributed by atoms with Crippen LogP contribution in [-0.4, -0.2) is 99.4 Å². The molecule has 0 spiro atoms. The lowest BCUT2D eigenvalue weighted by Crippen LogP contribution is -2.48. The van der Waals surface area contributed by atoms with Crippen LogP contribution in [0.5, 0.6) is 0 Å². The lowest BCUT2D eigenvalue weighted by Gasteiger charge is -2.34. The zero-order valence-electron chi connectivity index (χ0n) is 26.9. The van der Waals surface area contributed by atoms with Gasteiger partial charge in [-0.3, -0.25) is 19.7 Å². The van der Waals surface area contributed by atoms with Crippen LogP contribution in [0.4, 0.5) is 4.79 Å². The number of nitrogens with one attached hydrogen (secondary N) is 3. The predicted octanol–water partition coefficient (Wildman–Crippen LogP) is 1.89. The summed E-state index contributed by atoms with van der Waals surface area (Å²) in [5, 5.41) is 19.7. The number of fused-ring (bicyclic) bond motifs is 4. The van der Waals surface area contributed by atoms with Crippen LogP contribution in [0.25, 0.3) is 0 Å². The average Bonchev–Trinajstić information content (AvgIpc) is 2.96. The van der Waals surface area contributed by atoms with Crippen LogP contribution in [0.2, 0.25) is 0 Å². The fourth-order valence-corrected chi connectivity index (χ4v) is 5.52. The first kappa shape index (κ1) is 34.9. The zero-order chi connectivity index (χ0) is 32.7. The molecule has 12 nitrogen and oxygen atoms in total. The molecule has 2 heterocycles. The van der Waals surface area contributed by atoms with E-state index in [1.165, 1.54) is 20.3 Å². The van der Waals surface area contributed by atoms with Crippen LogP contribution in [-0.2, 0) is 28.6 Å². The molecule has 3 rings (SSSR count). The van der Waals surface area contributed by atoms with Crippen molar-refractivity contribution >= 4 is 23.6 Å². The number of Topliss-reactive ketones (excluding diaryl/α,β-unsaturated/α-hetero) is 1. The van der Waals surface area contributed by atoms with E-state index in [4.69, 9.17) is 14.2 Å². The van der Waals surface area contributed by atoms with E-state index in [1.807, 2.05) is 38.9 Å². The molecule has 4 bridgehead atoms. The molecule has 0 aromatic rings. The van der Waals surface area contributed by atoms with Gasteiger partial charge in [-0.1, -0.05) is 26.0 Å². The van der Waals surface area contributed by atoms with E-state index in [1.54, 1.807) is 19.9 Å². The van der Waals surface area contributed by atoms with Gasteiger partial charge in [0.1, 0.15) is 6.10 Å². The van der Waals surface area contributed by atoms with Gasteiger partial charge in [-0.25, -0.2) is 4.79 Å². The molecule has 2 aliphatic heterocycles. The van der Waals surface area contributed by atoms with Gasteiger partial charge in [-0.2, -0.15) is 0 Å². The van der Waals surface area contributed by atoms with Crippen LogP contribution in [0.1, 0.15) is 40.5 Å². The smallest absolute Gasteiger partial charge is 0.412 e. The second kappa shape index (κ2) is 15.4. The van der Waals surface area contributed by atoms with Gasteiger partial charge in [0.25, 0.3) is 5.91 Å². The third-order valence-corrected chi connectivity index (χ3v) is 8.02. The van der Waals surface area contributed by atoms with Crippen LogP contribution >= 0.6 is 0 Å². The van der Waals surface area contributed by atoms with Gasteiger partial charge >= 0.3 is 6.09 Å². The monoisotopic (exact) mass is 614 g/mol. The van der Waals surface area contributed by atoms with E-state index in [2.05, 4.69) is 16.0 Å². The molecule has 6 atom stereocenters. The second-order valence-electron chi connectivity index (χ2n) is 11.9. The largest absolute Gasteiger partial charge is 0.438 e. The molecule has 0 aromatic carbocycles. The predicted molar refractivity (Wildman–Crippen MR) is 164 cm³/mol. The highest BCUT2D eigenvalue weighted by atomic mass is 16.6. The van der Waals surface area contributed by atoms with E-state index in [9.17, 15) is 24.3 Å². The molecule has 1 saturated heterocycles. The summed E-state index contributed by atoms with van der Waals surface area (Å²) in [6, 6.07) is 0. The molecule has 0 radical (unpaired) electrons. The lowest BCUT2D eigenvalue weighted by atomic mass is 9.85. The molecule has 44 heavy (non-hydrogen) atoms. The quantitative estimate of drug-likeness (QED) is 0.258. The first-order chi connectivity index (χ1) is 20.8. The van der Waals surface area contributed by atoms with Crippen LogP contribution in [0, 0.1) is 11.8 Å². The van der Waals surface area contributed by atoms with Crippen molar-refractivity contribution in [1.29, 1.82) is 0 Å². The van der Waals surface area contributed by atoms with E-state index < -0.39 is 53.9 Å². The molecular weight excluding hydrogens is 568 g/mol. The molecule has 242 valence electrons. The van der Waals surface area contributed by atoms with Crippen LogP contribution in [0.3, 0.4) is 0 Å². The first-order valence-electron chi connectivity index (χ1n) is 14.8. The normalized spacial score (nSPS) is 32.8. The maximum absolute atomic E-state index is 13.7. The third-order valence-electron chi connectivity index (χ3n) is 8.02. The summed E-state index contributed by atoms with van der Waals surface area (Å²) in [7, 11) is 6.81. The number of ketones is 2. The molecule has 1 fully saturated rings. The van der Waals surface area contributed by atoms with Crippen LogP contribution in [0.15, 0.2) is 58.1 Å². The standard InChI is InChI=1S/C32H46N4O8/c1-17-13-21-26(33-11-12-36(5)6)24(37)16-23(28(21)39)34-31(40)18(2)9-10-22-30(43-8)29(44-32(41)35-22)20(4)15-19(3)27(38)25(14-17)42-7/h9-10,15-17,19,25,27,29-30,33,38H,11-14H2,1-8H3,(H,34,40)(H,35,41)/b18-9+,20-15+,22-10+/t17-,19+,25+,27-,29+,30+/m1/s1. The summed E-state index contributed by atoms with van der Waals surface area (Å²) in [5.74, 6) is -2.03. The number of ether oxygens (including phenoxy) is 3. The molecular formula is C32H46N4O8. The number of carbonyl (C=O) groups excluding carboxylic acids is 4. The lowest BCUT2D eigenvalue weighted by molar-refractivity contribution is -0.120. The number of rotatable bonds is 6. The Morgan fingerprint density at radius 3 is 2.41 bits per heavy atom. The minimum atomic E-state index is -0.927. The number of alkyl carbamates (subject to hydrolysis) is 1. The summed E-state index contributed by atoms with van der Waals surface area (Å²) in [5.41, 5.74) is 1.62. The molecule has 1 aliphatic carbocycles. The van der Waals surface area contributed by atoms with Gasteiger partial charge in [-0.15, -0.1) is 0 Å². The number of nitrogens with zero attached hydrogens (tertiary/aromatic N) is 1. The van der Waals surface area contributed by atoms with Crippen LogP contribution < -0.4 is 16.0 Å². The summed E-state index contributed by atoms with van der Waals surface area (Å²) in [6.45, 7) is 8.19. The Morgan fingerprint density at radius 1 is 1.07 bits per heavy atom. The van der Waals surface area contributed by atoms with Crippen molar-refractivity contribution in [3.63, 3.8) is 0 Å². The number of amides is 2. The SMILES string of the molecule is CO[C@H]1C[C@H](C)CC2=C(NCCN(C)C)C(=O)C=C(NC(=O)/C(C)=C/C=C3/NC(=O)O[C@@H](/C(C)=C/[C@H](C)[C@H]1O)[C@H]3OC)C2=O. The van der Waals surface area contributed by atoms with Gasteiger partial charge in [0.05, 0.1) is 29.3 Å². The fraction of sp³-hybridized carbons (Fsp3) is 0.562. The number of carbonyl (C=O) groups is 4. The molecule has 0 saturated carbocycles. The highest BCUT2D eigenvalue weighted by molar-refractivity contribution is 6.23. The average molecular weight is 615 g/mol. The minimum Gasteiger partial charge on any atom is -0.438 e. The van der Waals surface area contributed by atoms with E-state index >= 15 is 0 Å². The van der Waals surface area contributed by atoms with Crippen molar-refractivity contribution in [2.24, 2.45) is 11.8 Å². The Labute approximate surface area is 259 Å². The molecule has 4 N–H and O–H groups in total. The van der Waals surface area contributed by atoms with Gasteiger partial charge in [0.2, 0.25) is 11.6 Å². The number of hydrogen-bond acceptors (Lipinski definition) is 10. The minimum absolute atomic E-state index is 0.121. The van der Waals surface area contributed by atoms with Crippen molar-refractivity contribution < 1.29 is 38.5 Å². The molecule has 2 amide bonds. The molecule has 3 aliphatic rings. The van der Waals surface area contributed by atoms with E-state index in [-0.39, 0.29) is 34.9 Å². The molecule has 12 heteroatoms. The third kappa shape index (κ3) is 8.53. The first-order valence-corrected chi connectivity index (χ1v) is 14.8. The summed E-state index contributed by atoms with van der Waals surface area (Å²) >= 11 is 0. The highest BCUT2D eigenvalue weighted by Crippen LogP contribution is 2.30. The van der Waals surface area contributed by atoms with Crippen molar-refractivity contribution in [3.8, 4) is 0 Å². The molecule has 0 unspecified atom stereocenters. The number of aliphatic hydroxyl groups is 1. The van der Waals surface area contributed by atoms with Crippen molar-refractivity contribution in [3.05, 3.63) is 58.1 Å². The highest BCUT2D eigenvalue weighted by Gasteiger charge is 2.37. The number of likely N-dealkylation sites (N-methyl/N-ethyl adjacent to an activating group) is 1. The van der Waals surface area contributed by atoms with Gasteiger partial charge in [-0.05, 0) is 58.4 Å². The number of methoxy groups -OCH3 is 2. The Balaban J connectivity index is 2.09. The van der Waals surface area contributed by atoms with E-state index in [0.29, 0.717) is 30.8 Å². The van der Waals surface area contributed by atoms with Gasteiger partial charge in [0.15, 0.2) is 6.10 Å². The second-order valence-corrected chi connectivity index (χ2v) is 11.9. The van der Waals surface area contributed by atoms with Crippen molar-refractivity contribution in [2.45, 2.75) is 65.0 Å². The Hall–Kier alpha value is -3.58. The number of allylic oxidation sites excluding steroid dienone is 4. The fourth-order valence-electron chi connectivity index (χ4n) is 5.52. The maximum atomic E-state index is 13.7. The maximum Gasteiger partial charge on any atom is 0.412 e. The zero-order valence-corrected chi connectivity index (χ0v) is 26.9. The summed E-state index contributed by atoms with van der Waals surface area (Å²) in [4.78, 5) is 54.6. The Kier molecular flexibility index (Phi) is 12.2. The summed E-state index contributed by atoms with van der Waals surface area (Å²) < 4.78 is 16.9.